The molecule has 0 spiro atoms. The zero-order valence-corrected chi connectivity index (χ0v) is 22.1. The van der Waals surface area contributed by atoms with Gasteiger partial charge in [-0.05, 0) is 35.4 Å². The van der Waals surface area contributed by atoms with Crippen molar-refractivity contribution < 1.29 is 33.3 Å². The third-order valence-electron chi connectivity index (χ3n) is 6.44. The summed E-state index contributed by atoms with van der Waals surface area (Å²) in [5.74, 6) is 2.34. The van der Waals surface area contributed by atoms with Crippen molar-refractivity contribution in [3.63, 3.8) is 0 Å². The molecule has 0 saturated carbocycles. The van der Waals surface area contributed by atoms with Crippen LogP contribution in [0.2, 0.25) is 0 Å². The quantitative estimate of drug-likeness (QED) is 0.462. The van der Waals surface area contributed by atoms with Gasteiger partial charge in [0.25, 0.3) is 5.91 Å². The molecule has 2 aliphatic rings. The second-order valence-corrected chi connectivity index (χ2v) is 9.76. The standard InChI is InChI=1S/C28H28N2O7S/c1-33-23-12-19(13-24(34-2)25(23)35-3)27(32)30-20(15-38-28(30)18-7-5-4-6-8-18)26(31)29-14-17-9-10-21-22(11-17)37-16-36-21/h4-13,20,28H,14-16H2,1-3H3,(H,29,31). The van der Waals surface area contributed by atoms with Crippen LogP contribution in [0.25, 0.3) is 0 Å². The number of thioether (sulfide) groups is 1. The molecule has 2 aliphatic heterocycles. The number of carbonyl (C=O) groups excluding carboxylic acids is 2. The minimum Gasteiger partial charge on any atom is -0.493 e. The molecule has 3 aromatic rings. The normalized spacial score (nSPS) is 17.7. The maximum absolute atomic E-state index is 14.0. The van der Waals surface area contributed by atoms with Crippen LogP contribution in [0.5, 0.6) is 28.7 Å². The maximum Gasteiger partial charge on any atom is 0.256 e. The van der Waals surface area contributed by atoms with Gasteiger partial charge < -0.3 is 33.9 Å². The third kappa shape index (κ3) is 4.91. The summed E-state index contributed by atoms with van der Waals surface area (Å²) in [6.45, 7) is 0.474. The summed E-state index contributed by atoms with van der Waals surface area (Å²) in [4.78, 5) is 29.1. The van der Waals surface area contributed by atoms with Crippen LogP contribution in [0.15, 0.2) is 60.7 Å². The summed E-state index contributed by atoms with van der Waals surface area (Å²) in [6.07, 6.45) is 0. The van der Waals surface area contributed by atoms with Crippen molar-refractivity contribution in [1.29, 1.82) is 0 Å². The molecule has 0 radical (unpaired) electrons. The Morgan fingerprint density at radius 1 is 0.947 bits per heavy atom. The Labute approximate surface area is 225 Å². The number of ether oxygens (including phenoxy) is 5. The van der Waals surface area contributed by atoms with E-state index < -0.39 is 6.04 Å². The summed E-state index contributed by atoms with van der Waals surface area (Å²) in [5, 5.41) is 2.65. The smallest absolute Gasteiger partial charge is 0.256 e. The Kier molecular flexibility index (Phi) is 7.50. The van der Waals surface area contributed by atoms with Gasteiger partial charge in [-0.3, -0.25) is 9.59 Å². The molecule has 2 heterocycles. The zero-order valence-electron chi connectivity index (χ0n) is 21.3. The van der Waals surface area contributed by atoms with Crippen molar-refractivity contribution in [3.8, 4) is 28.7 Å². The fourth-order valence-corrected chi connectivity index (χ4v) is 5.97. The first-order valence-corrected chi connectivity index (χ1v) is 13.0. The second-order valence-electron chi connectivity index (χ2n) is 8.64. The fourth-order valence-electron chi connectivity index (χ4n) is 4.54. The summed E-state index contributed by atoms with van der Waals surface area (Å²) in [5.41, 5.74) is 2.14. The number of nitrogens with one attached hydrogen (secondary N) is 1. The topological polar surface area (TPSA) is 95.6 Å². The predicted molar refractivity (Wildman–Crippen MR) is 142 cm³/mol. The number of nitrogens with zero attached hydrogens (tertiary/aromatic N) is 1. The lowest BCUT2D eigenvalue weighted by Gasteiger charge is -2.29. The van der Waals surface area contributed by atoms with Crippen LogP contribution in [0.3, 0.4) is 0 Å². The summed E-state index contributed by atoms with van der Waals surface area (Å²) >= 11 is 1.55. The molecule has 38 heavy (non-hydrogen) atoms. The van der Waals surface area contributed by atoms with E-state index in [1.54, 1.807) is 28.8 Å². The minimum absolute atomic E-state index is 0.184. The van der Waals surface area contributed by atoms with Gasteiger partial charge in [0.2, 0.25) is 18.4 Å². The van der Waals surface area contributed by atoms with Crippen LogP contribution in [-0.4, -0.2) is 56.6 Å². The number of amides is 2. The summed E-state index contributed by atoms with van der Waals surface area (Å²) in [6, 6.07) is 17.7. The molecule has 2 unspecified atom stereocenters. The van der Waals surface area contributed by atoms with Gasteiger partial charge in [-0.25, -0.2) is 0 Å². The van der Waals surface area contributed by atoms with Crippen molar-refractivity contribution >= 4 is 23.6 Å². The lowest BCUT2D eigenvalue weighted by molar-refractivity contribution is -0.125. The molecular formula is C28H28N2O7S. The Bertz CT molecular complexity index is 1310. The van der Waals surface area contributed by atoms with Gasteiger partial charge in [-0.2, -0.15) is 0 Å². The fraction of sp³-hybridized carbons (Fsp3) is 0.286. The highest BCUT2D eigenvalue weighted by molar-refractivity contribution is 7.99. The van der Waals surface area contributed by atoms with Crippen LogP contribution in [-0.2, 0) is 11.3 Å². The Hall–Kier alpha value is -4.05. The lowest BCUT2D eigenvalue weighted by Crippen LogP contribution is -2.47. The average molecular weight is 537 g/mol. The van der Waals surface area contributed by atoms with Crippen LogP contribution in [0.1, 0.15) is 26.9 Å². The molecular weight excluding hydrogens is 508 g/mol. The molecule has 198 valence electrons. The van der Waals surface area contributed by atoms with Gasteiger partial charge >= 0.3 is 0 Å². The number of methoxy groups -OCH3 is 3. The van der Waals surface area contributed by atoms with Crippen molar-refractivity contribution in [3.05, 3.63) is 77.4 Å². The van der Waals surface area contributed by atoms with Gasteiger partial charge in [0.05, 0.1) is 21.3 Å². The molecule has 2 atom stereocenters. The molecule has 10 heteroatoms. The van der Waals surface area contributed by atoms with E-state index in [2.05, 4.69) is 5.32 Å². The largest absolute Gasteiger partial charge is 0.493 e. The van der Waals surface area contributed by atoms with Crippen molar-refractivity contribution in [2.24, 2.45) is 0 Å². The molecule has 1 fully saturated rings. The van der Waals surface area contributed by atoms with E-state index in [4.69, 9.17) is 23.7 Å². The number of carbonyl (C=O) groups is 2. The van der Waals surface area contributed by atoms with Gasteiger partial charge in [-0.15, -0.1) is 11.8 Å². The Morgan fingerprint density at radius 2 is 1.66 bits per heavy atom. The molecule has 3 aromatic carbocycles. The van der Waals surface area contributed by atoms with E-state index in [9.17, 15) is 9.59 Å². The zero-order chi connectivity index (χ0) is 26.6. The van der Waals surface area contributed by atoms with Crippen LogP contribution >= 0.6 is 11.8 Å². The number of hydrogen-bond acceptors (Lipinski definition) is 8. The van der Waals surface area contributed by atoms with Gasteiger partial charge in [0.15, 0.2) is 23.0 Å². The van der Waals surface area contributed by atoms with E-state index in [-0.39, 0.29) is 24.0 Å². The van der Waals surface area contributed by atoms with Crippen LogP contribution in [0.4, 0.5) is 0 Å². The van der Waals surface area contributed by atoms with Crippen molar-refractivity contribution in [1.82, 2.24) is 10.2 Å². The second kappa shape index (κ2) is 11.1. The molecule has 0 aromatic heterocycles. The van der Waals surface area contributed by atoms with Crippen molar-refractivity contribution in [2.75, 3.05) is 33.9 Å². The number of rotatable bonds is 8. The number of hydrogen-bond donors (Lipinski definition) is 1. The SMILES string of the molecule is COc1cc(C(=O)N2C(C(=O)NCc3ccc4c(c3)OCO4)CSC2c2ccccc2)cc(OC)c1OC. The highest BCUT2D eigenvalue weighted by Gasteiger charge is 2.43. The minimum atomic E-state index is -0.689. The first-order valence-electron chi connectivity index (χ1n) is 12.0. The third-order valence-corrected chi connectivity index (χ3v) is 7.76. The number of fused-ring (bicyclic) bond motifs is 1. The summed E-state index contributed by atoms with van der Waals surface area (Å²) < 4.78 is 27.1. The molecule has 0 aliphatic carbocycles. The molecule has 9 nitrogen and oxygen atoms in total. The molecule has 5 rings (SSSR count). The van der Waals surface area contributed by atoms with Crippen LogP contribution < -0.4 is 29.0 Å². The van der Waals surface area contributed by atoms with Gasteiger partial charge in [-0.1, -0.05) is 36.4 Å². The van der Waals surface area contributed by atoms with E-state index in [1.807, 2.05) is 48.5 Å². The molecule has 0 bridgehead atoms. The maximum atomic E-state index is 14.0. The summed E-state index contributed by atoms with van der Waals surface area (Å²) in [7, 11) is 4.50. The molecule has 1 N–H and O–H groups in total. The van der Waals surface area contributed by atoms with E-state index in [0.29, 0.717) is 46.6 Å². The van der Waals surface area contributed by atoms with Gasteiger partial charge in [0.1, 0.15) is 11.4 Å². The highest BCUT2D eigenvalue weighted by atomic mass is 32.2. The highest BCUT2D eigenvalue weighted by Crippen LogP contribution is 2.44. The van der Waals surface area contributed by atoms with Crippen molar-refractivity contribution in [2.45, 2.75) is 18.0 Å². The first kappa shape index (κ1) is 25.6. The van der Waals surface area contributed by atoms with E-state index in [0.717, 1.165) is 11.1 Å². The lowest BCUT2D eigenvalue weighted by atomic mass is 10.1. The van der Waals surface area contributed by atoms with E-state index >= 15 is 0 Å². The molecule has 2 amide bonds. The average Bonchev–Trinajstić information content (AvgIpc) is 3.62. The Balaban J connectivity index is 1.43. The first-order chi connectivity index (χ1) is 18.5. The number of benzene rings is 3. The Morgan fingerprint density at radius 3 is 2.34 bits per heavy atom. The predicted octanol–water partition coefficient (Wildman–Crippen LogP) is 4.01. The monoisotopic (exact) mass is 536 g/mol. The molecule has 1 saturated heterocycles. The van der Waals surface area contributed by atoms with Crippen LogP contribution in [0, 0.1) is 0 Å². The van der Waals surface area contributed by atoms with Gasteiger partial charge in [0, 0.05) is 17.9 Å². The van der Waals surface area contributed by atoms with E-state index in [1.165, 1.54) is 21.3 Å².